The molecular weight excluding hydrogens is 1570 g/mol. The maximum atomic E-state index is 14.4. The number of aliphatic hydroxyl groups excluding tert-OH is 1. The number of benzene rings is 12. The highest BCUT2D eigenvalue weighted by molar-refractivity contribution is 5.99. The molecule has 0 saturated heterocycles. The van der Waals surface area contributed by atoms with Crippen molar-refractivity contribution in [1.29, 1.82) is 0 Å². The quantitative estimate of drug-likeness (QED) is 0.0424. The first-order valence-corrected chi connectivity index (χ1v) is 42.0. The van der Waals surface area contributed by atoms with Crippen LogP contribution in [0.1, 0.15) is 38.5 Å². The SMILES string of the molecule is O=C(Oc1ccc(-c2cc3ccccc3cn2)cc1)C1CC(C(=O)Oc2ccc(-c3cc4ccccc4cn3)cc2)CC(C(=O)Oc2ccc(-c3cc4ccc(-c5cccc6nc(-c7ccc(OC(O)C8CC(C(=O)Oc9ccc(-c%10ccc%11ccccc%11n%10)cc9)CC(C(=O)Oc9ccc(-c%10ccc%11ccccc%11n%10)cc9)C8)cc7)ccc56)cc4cn3)cc2)C1. The molecule has 2 saturated carbocycles. The molecule has 6 heterocycles. The van der Waals surface area contributed by atoms with Crippen molar-refractivity contribution in [1.82, 2.24) is 29.9 Å². The van der Waals surface area contributed by atoms with Crippen LogP contribution in [0.3, 0.4) is 0 Å². The van der Waals surface area contributed by atoms with E-state index in [0.29, 0.717) is 34.4 Å². The van der Waals surface area contributed by atoms with Crippen LogP contribution in [-0.4, -0.2) is 71.1 Å². The van der Waals surface area contributed by atoms with E-state index >= 15 is 0 Å². The number of aromatic nitrogens is 6. The first-order valence-electron chi connectivity index (χ1n) is 42.0. The van der Waals surface area contributed by atoms with Gasteiger partial charge in [0.25, 0.3) is 0 Å². The third kappa shape index (κ3) is 17.2. The topological polar surface area (TPSA) is 238 Å². The summed E-state index contributed by atoms with van der Waals surface area (Å²) >= 11 is 0. The molecular formula is C108H78N6O12. The molecule has 6 aromatic heterocycles. The van der Waals surface area contributed by atoms with Crippen LogP contribution in [0.4, 0.5) is 0 Å². The number of nitrogens with zero attached hydrogens (tertiary/aromatic N) is 6. The van der Waals surface area contributed by atoms with E-state index in [-0.39, 0.29) is 44.3 Å². The number of esters is 5. The fourth-order valence-electron chi connectivity index (χ4n) is 17.3. The summed E-state index contributed by atoms with van der Waals surface area (Å²) < 4.78 is 36.4. The Balaban J connectivity index is 0.483. The van der Waals surface area contributed by atoms with Crippen LogP contribution in [-0.2, 0) is 24.0 Å². The number of rotatable bonds is 20. The molecule has 612 valence electrons. The van der Waals surface area contributed by atoms with Crippen molar-refractivity contribution in [3.05, 3.63) is 352 Å². The lowest BCUT2D eigenvalue weighted by atomic mass is 9.74. The summed E-state index contributed by atoms with van der Waals surface area (Å²) in [5, 5.41) is 21.0. The molecule has 0 bridgehead atoms. The summed E-state index contributed by atoms with van der Waals surface area (Å²) in [5.41, 5.74) is 14.0. The smallest absolute Gasteiger partial charge is 0.314 e. The Bertz CT molecular complexity index is 6930. The van der Waals surface area contributed by atoms with Gasteiger partial charge in [-0.1, -0.05) is 127 Å². The van der Waals surface area contributed by atoms with Gasteiger partial charge >= 0.3 is 29.8 Å². The van der Waals surface area contributed by atoms with E-state index in [0.717, 1.165) is 138 Å². The zero-order chi connectivity index (χ0) is 85.1. The molecule has 12 aromatic carbocycles. The van der Waals surface area contributed by atoms with Crippen molar-refractivity contribution in [3.8, 4) is 113 Å². The Morgan fingerprint density at radius 1 is 0.254 bits per heavy atom. The number of aliphatic hydroxyl groups is 1. The average molecular weight is 1650 g/mol. The van der Waals surface area contributed by atoms with Gasteiger partial charge in [-0.25, -0.2) is 15.0 Å². The van der Waals surface area contributed by atoms with E-state index in [1.807, 2.05) is 249 Å². The zero-order valence-corrected chi connectivity index (χ0v) is 67.9. The molecule has 2 aliphatic rings. The Morgan fingerprint density at radius 3 is 0.944 bits per heavy atom. The zero-order valence-electron chi connectivity index (χ0n) is 67.9. The monoisotopic (exact) mass is 1650 g/mol. The molecule has 0 amide bonds. The van der Waals surface area contributed by atoms with Gasteiger partial charge in [0, 0.05) is 90.2 Å². The normalized spacial score (nSPS) is 16.5. The Labute approximate surface area is 723 Å². The van der Waals surface area contributed by atoms with Gasteiger partial charge in [-0.3, -0.25) is 38.9 Å². The summed E-state index contributed by atoms with van der Waals surface area (Å²) in [5.74, 6) is -5.65. The molecule has 0 radical (unpaired) electrons. The van der Waals surface area contributed by atoms with Crippen LogP contribution < -0.4 is 28.4 Å². The van der Waals surface area contributed by atoms with E-state index in [1.54, 1.807) is 72.8 Å². The third-order valence-corrected chi connectivity index (χ3v) is 24.0. The molecule has 126 heavy (non-hydrogen) atoms. The van der Waals surface area contributed by atoms with E-state index in [9.17, 15) is 29.1 Å². The number of hydrogen-bond donors (Lipinski definition) is 1. The molecule has 0 spiro atoms. The minimum Gasteiger partial charge on any atom is -0.465 e. The van der Waals surface area contributed by atoms with Gasteiger partial charge in [-0.05, 0) is 272 Å². The summed E-state index contributed by atoms with van der Waals surface area (Å²) in [6.45, 7) is 0. The first kappa shape index (κ1) is 78.7. The summed E-state index contributed by atoms with van der Waals surface area (Å²) in [4.78, 5) is 100. The van der Waals surface area contributed by atoms with Gasteiger partial charge < -0.3 is 33.5 Å². The second-order valence-corrected chi connectivity index (χ2v) is 32.2. The molecule has 5 unspecified atom stereocenters. The van der Waals surface area contributed by atoms with Crippen molar-refractivity contribution in [2.24, 2.45) is 35.5 Å². The lowest BCUT2D eigenvalue weighted by Crippen LogP contribution is -2.40. The van der Waals surface area contributed by atoms with Gasteiger partial charge in [0.05, 0.1) is 80.3 Å². The molecule has 1 N–H and O–H groups in total. The summed E-state index contributed by atoms with van der Waals surface area (Å²) in [7, 11) is 0. The van der Waals surface area contributed by atoms with Crippen molar-refractivity contribution >= 4 is 94.9 Å². The minimum atomic E-state index is -1.41. The molecule has 0 aliphatic heterocycles. The van der Waals surface area contributed by atoms with E-state index in [1.165, 1.54) is 0 Å². The highest BCUT2D eigenvalue weighted by Crippen LogP contribution is 2.43. The van der Waals surface area contributed by atoms with E-state index in [2.05, 4.69) is 40.3 Å². The second kappa shape index (κ2) is 34.6. The van der Waals surface area contributed by atoms with E-state index in [4.69, 9.17) is 48.4 Å². The van der Waals surface area contributed by atoms with Crippen LogP contribution in [0.5, 0.6) is 34.5 Å². The van der Waals surface area contributed by atoms with Crippen LogP contribution in [0.15, 0.2) is 352 Å². The molecule has 2 fully saturated rings. The van der Waals surface area contributed by atoms with Crippen molar-refractivity contribution in [2.45, 2.75) is 44.8 Å². The fourth-order valence-corrected chi connectivity index (χ4v) is 17.3. The maximum absolute atomic E-state index is 14.4. The second-order valence-electron chi connectivity index (χ2n) is 32.2. The molecule has 18 heteroatoms. The molecule has 18 nitrogen and oxygen atoms in total. The first-order chi connectivity index (χ1) is 61.7. The van der Waals surface area contributed by atoms with Crippen LogP contribution in [0, 0.1) is 35.5 Å². The highest BCUT2D eigenvalue weighted by atomic mass is 16.6. The largest absolute Gasteiger partial charge is 0.465 e. The summed E-state index contributed by atoms with van der Waals surface area (Å²) in [6, 6.07) is 105. The fraction of sp³-hybridized carbons (Fsp3) is 0.120. The number of ether oxygens (including phenoxy) is 6. The van der Waals surface area contributed by atoms with Crippen LogP contribution >= 0.6 is 0 Å². The van der Waals surface area contributed by atoms with Gasteiger partial charge in [0.2, 0.25) is 0 Å². The van der Waals surface area contributed by atoms with Gasteiger partial charge in [0.1, 0.15) is 34.5 Å². The van der Waals surface area contributed by atoms with Gasteiger partial charge in [-0.2, -0.15) is 0 Å². The number of para-hydroxylation sites is 2. The third-order valence-electron chi connectivity index (χ3n) is 24.0. The number of pyridine rings is 6. The predicted octanol–water partition coefficient (Wildman–Crippen LogP) is 22.7. The number of carbonyl (C=O) groups is 5. The number of fused-ring (bicyclic) bond motifs is 6. The Kier molecular flexibility index (Phi) is 21.6. The molecule has 2 aliphatic carbocycles. The van der Waals surface area contributed by atoms with Crippen LogP contribution in [0.2, 0.25) is 0 Å². The Morgan fingerprint density at radius 2 is 0.548 bits per heavy atom. The molecule has 20 rings (SSSR count). The van der Waals surface area contributed by atoms with Gasteiger partial charge in [0.15, 0.2) is 6.29 Å². The minimum absolute atomic E-state index is 0.0891. The highest BCUT2D eigenvalue weighted by Gasteiger charge is 2.44. The van der Waals surface area contributed by atoms with Crippen molar-refractivity contribution in [3.63, 3.8) is 0 Å². The number of carbonyl (C=O) groups excluding carboxylic acids is 5. The van der Waals surface area contributed by atoms with Crippen molar-refractivity contribution in [2.75, 3.05) is 0 Å². The average Bonchev–Trinajstić information content (AvgIpc) is 0.773. The van der Waals surface area contributed by atoms with Crippen LogP contribution in [0.25, 0.3) is 144 Å². The van der Waals surface area contributed by atoms with E-state index < -0.39 is 71.6 Å². The summed E-state index contributed by atoms with van der Waals surface area (Å²) in [6.07, 6.45) is 4.88. The predicted molar refractivity (Wildman–Crippen MR) is 486 cm³/mol. The Hall–Kier alpha value is -15.8. The molecule has 18 aromatic rings. The molecule has 5 atom stereocenters. The van der Waals surface area contributed by atoms with Gasteiger partial charge in [-0.15, -0.1) is 0 Å². The standard InChI is InChI=1S/C108H78N6O12/c115-103(121-86-36-22-67(23-37-86)96-49-34-65-10-5-7-17-94(65)112-96)79-53-80(104(116)122-87-38-24-68(25-39-87)97-50-35-66-11-6-8-18-95(66)113-97)55-81(54-79)105(117)123-88-40-26-69(27-41-88)98-51-48-93-92(16-9-19-99(93)114-98)76-21-20-75-61-102(111-64-85(75)52-76)72-32-46-91(47-33-72)126-108(120)84-57-82(106(118)124-89-42-28-70(29-43-89)100-59-73-12-1-3-14-77(73)62-109-100)56-83(58-84)107(119)125-90-44-30-71(31-45-90)101-60-74-13-2-4-15-78(74)63-110-101/h1-52,59-64,79-84,105,117H,53-58H2. The number of hydrogen-bond acceptors (Lipinski definition) is 18. The lowest BCUT2D eigenvalue weighted by molar-refractivity contribution is -0.153. The lowest BCUT2D eigenvalue weighted by Gasteiger charge is -2.34. The van der Waals surface area contributed by atoms with Crippen molar-refractivity contribution < 1.29 is 57.5 Å². The maximum Gasteiger partial charge on any atom is 0.314 e.